The zero-order valence-corrected chi connectivity index (χ0v) is 22.7. The highest BCUT2D eigenvalue weighted by Crippen LogP contribution is 2.34. The molecular weight excluding hydrogens is 478 g/mol. The number of carbonyl (C=O) groups excluding carboxylic acids is 1. The van der Waals surface area contributed by atoms with Gasteiger partial charge in [-0.05, 0) is 60.9 Å². The van der Waals surface area contributed by atoms with Crippen LogP contribution < -0.4 is 25.4 Å². The van der Waals surface area contributed by atoms with E-state index in [0.29, 0.717) is 48.3 Å². The van der Waals surface area contributed by atoms with Gasteiger partial charge >= 0.3 is 0 Å². The third-order valence-corrected chi connectivity index (χ3v) is 6.26. The molecule has 198 valence electrons. The summed E-state index contributed by atoms with van der Waals surface area (Å²) in [6, 6.07) is 9.70. The van der Waals surface area contributed by atoms with Crippen LogP contribution in [0.4, 0.5) is 5.69 Å². The molecule has 2 aromatic carbocycles. The SMILES string of the molecule is CC(Cc1cc2c(c(C(N)=O)c1)N(CCCO)CC2)NCCOc1ccc(Cl)cc1OCC(C)(C)C. The summed E-state index contributed by atoms with van der Waals surface area (Å²) in [6.07, 6.45) is 2.32. The minimum absolute atomic E-state index is 0.0280. The van der Waals surface area contributed by atoms with Gasteiger partial charge in [-0.1, -0.05) is 38.4 Å². The molecule has 0 saturated carbocycles. The molecule has 1 atom stereocenters. The first-order valence-electron chi connectivity index (χ1n) is 12.7. The van der Waals surface area contributed by atoms with Crippen molar-refractivity contribution in [3.05, 3.63) is 52.0 Å². The minimum atomic E-state index is -0.412. The van der Waals surface area contributed by atoms with E-state index in [9.17, 15) is 9.90 Å². The van der Waals surface area contributed by atoms with Gasteiger partial charge in [-0.2, -0.15) is 0 Å². The van der Waals surface area contributed by atoms with Crippen molar-refractivity contribution in [2.75, 3.05) is 44.4 Å². The van der Waals surface area contributed by atoms with Crippen LogP contribution >= 0.6 is 11.6 Å². The molecule has 1 unspecified atom stereocenters. The Balaban J connectivity index is 1.55. The van der Waals surface area contributed by atoms with E-state index in [-0.39, 0.29) is 18.1 Å². The van der Waals surface area contributed by atoms with E-state index in [1.54, 1.807) is 12.1 Å². The molecule has 4 N–H and O–H groups in total. The summed E-state index contributed by atoms with van der Waals surface area (Å²) in [6.45, 7) is 11.9. The monoisotopic (exact) mass is 517 g/mol. The number of anilines is 1. The average Bonchev–Trinajstić information content (AvgIpc) is 3.21. The molecule has 8 heteroatoms. The topological polar surface area (TPSA) is 97.1 Å². The molecule has 0 radical (unpaired) electrons. The molecule has 1 amide bonds. The first-order chi connectivity index (χ1) is 17.1. The normalized spacial score (nSPS) is 14.0. The first-order valence-corrected chi connectivity index (χ1v) is 13.0. The van der Waals surface area contributed by atoms with E-state index in [2.05, 4.69) is 44.0 Å². The van der Waals surface area contributed by atoms with E-state index < -0.39 is 5.91 Å². The highest BCUT2D eigenvalue weighted by atomic mass is 35.5. The van der Waals surface area contributed by atoms with E-state index in [1.807, 2.05) is 12.1 Å². The van der Waals surface area contributed by atoms with Gasteiger partial charge in [0.25, 0.3) is 5.91 Å². The number of fused-ring (bicyclic) bond motifs is 1. The van der Waals surface area contributed by atoms with Crippen LogP contribution in [0.15, 0.2) is 30.3 Å². The number of aliphatic hydroxyl groups is 1. The van der Waals surface area contributed by atoms with Crippen LogP contribution in [0.3, 0.4) is 0 Å². The third kappa shape index (κ3) is 8.02. The number of benzene rings is 2. The van der Waals surface area contributed by atoms with Crippen molar-refractivity contribution in [3.8, 4) is 11.5 Å². The lowest BCUT2D eigenvalue weighted by Gasteiger charge is -2.22. The second kappa shape index (κ2) is 12.7. The molecule has 0 bridgehead atoms. The molecular formula is C28H40ClN3O4. The van der Waals surface area contributed by atoms with Gasteiger partial charge < -0.3 is 30.5 Å². The molecule has 0 aromatic heterocycles. The number of hydrogen-bond donors (Lipinski definition) is 3. The Labute approximate surface area is 219 Å². The molecule has 0 spiro atoms. The molecule has 0 saturated heterocycles. The van der Waals surface area contributed by atoms with Gasteiger partial charge in [-0.25, -0.2) is 0 Å². The average molecular weight is 518 g/mol. The van der Waals surface area contributed by atoms with E-state index in [4.69, 9.17) is 26.8 Å². The van der Waals surface area contributed by atoms with Crippen LogP contribution in [0.1, 0.15) is 55.6 Å². The lowest BCUT2D eigenvalue weighted by Crippen LogP contribution is -2.32. The summed E-state index contributed by atoms with van der Waals surface area (Å²) < 4.78 is 11.9. The van der Waals surface area contributed by atoms with Crippen LogP contribution in [0.5, 0.6) is 11.5 Å². The van der Waals surface area contributed by atoms with Crippen LogP contribution in [0.2, 0.25) is 5.02 Å². The molecule has 0 aliphatic carbocycles. The second-order valence-electron chi connectivity index (χ2n) is 10.7. The van der Waals surface area contributed by atoms with Crippen molar-refractivity contribution in [1.82, 2.24) is 5.32 Å². The zero-order chi connectivity index (χ0) is 26.3. The maximum absolute atomic E-state index is 12.2. The van der Waals surface area contributed by atoms with Gasteiger partial charge in [0, 0.05) is 43.4 Å². The van der Waals surface area contributed by atoms with Gasteiger partial charge in [0.05, 0.1) is 17.9 Å². The number of ether oxygens (including phenoxy) is 2. The van der Waals surface area contributed by atoms with Gasteiger partial charge in [-0.3, -0.25) is 4.79 Å². The number of amides is 1. The van der Waals surface area contributed by atoms with Gasteiger partial charge in [-0.15, -0.1) is 0 Å². The molecule has 3 rings (SSSR count). The summed E-state index contributed by atoms with van der Waals surface area (Å²) in [5.74, 6) is 0.912. The van der Waals surface area contributed by atoms with Crippen molar-refractivity contribution in [3.63, 3.8) is 0 Å². The van der Waals surface area contributed by atoms with Crippen LogP contribution in [0.25, 0.3) is 0 Å². The highest BCUT2D eigenvalue weighted by molar-refractivity contribution is 6.30. The molecule has 1 aliphatic rings. The maximum Gasteiger partial charge on any atom is 0.250 e. The molecule has 1 heterocycles. The van der Waals surface area contributed by atoms with E-state index in [0.717, 1.165) is 42.7 Å². The lowest BCUT2D eigenvalue weighted by atomic mass is 9.98. The van der Waals surface area contributed by atoms with Gasteiger partial charge in [0.2, 0.25) is 0 Å². The van der Waals surface area contributed by atoms with E-state index >= 15 is 0 Å². The minimum Gasteiger partial charge on any atom is -0.489 e. The fourth-order valence-corrected chi connectivity index (χ4v) is 4.54. The zero-order valence-electron chi connectivity index (χ0n) is 21.9. The summed E-state index contributed by atoms with van der Waals surface area (Å²) in [5.41, 5.74) is 9.50. The predicted molar refractivity (Wildman–Crippen MR) is 146 cm³/mol. The number of rotatable bonds is 13. The van der Waals surface area contributed by atoms with Crippen molar-refractivity contribution in [2.45, 2.75) is 53.0 Å². The summed E-state index contributed by atoms with van der Waals surface area (Å²) in [5, 5.41) is 13.3. The Morgan fingerprint density at radius 2 is 2.00 bits per heavy atom. The molecule has 2 aromatic rings. The molecule has 1 aliphatic heterocycles. The van der Waals surface area contributed by atoms with Crippen molar-refractivity contribution in [1.29, 1.82) is 0 Å². The van der Waals surface area contributed by atoms with Crippen LogP contribution in [-0.4, -0.2) is 56.5 Å². The molecule has 36 heavy (non-hydrogen) atoms. The Morgan fingerprint density at radius 3 is 2.69 bits per heavy atom. The number of hydrogen-bond acceptors (Lipinski definition) is 6. The lowest BCUT2D eigenvalue weighted by molar-refractivity contribution is 0.100. The fourth-order valence-electron chi connectivity index (χ4n) is 4.38. The van der Waals surface area contributed by atoms with Crippen molar-refractivity contribution < 1.29 is 19.4 Å². The summed E-state index contributed by atoms with van der Waals surface area (Å²) in [4.78, 5) is 14.4. The molecule has 7 nitrogen and oxygen atoms in total. The predicted octanol–water partition coefficient (Wildman–Crippen LogP) is 4.21. The third-order valence-electron chi connectivity index (χ3n) is 6.03. The van der Waals surface area contributed by atoms with Gasteiger partial charge in [0.15, 0.2) is 11.5 Å². The number of nitrogens with one attached hydrogen (secondary N) is 1. The first kappa shape index (κ1) is 28.1. The number of nitrogens with zero attached hydrogens (tertiary/aromatic N) is 1. The Bertz CT molecular complexity index is 1040. The number of primary amides is 1. The van der Waals surface area contributed by atoms with Crippen LogP contribution in [-0.2, 0) is 12.8 Å². The maximum atomic E-state index is 12.2. The number of aliphatic hydroxyl groups excluding tert-OH is 1. The second-order valence-corrected chi connectivity index (χ2v) is 11.1. The Kier molecular flexibility index (Phi) is 9.88. The number of nitrogens with two attached hydrogens (primary N) is 1. The smallest absolute Gasteiger partial charge is 0.250 e. The van der Waals surface area contributed by atoms with Gasteiger partial charge in [0.1, 0.15) is 6.61 Å². The van der Waals surface area contributed by atoms with Crippen molar-refractivity contribution >= 4 is 23.2 Å². The van der Waals surface area contributed by atoms with Crippen molar-refractivity contribution in [2.24, 2.45) is 11.1 Å². The molecule has 0 fully saturated rings. The Hall–Kier alpha value is -2.48. The Morgan fingerprint density at radius 1 is 1.22 bits per heavy atom. The summed E-state index contributed by atoms with van der Waals surface area (Å²) in [7, 11) is 0. The number of halogens is 1. The van der Waals surface area contributed by atoms with Crippen LogP contribution in [0, 0.1) is 5.41 Å². The number of carbonyl (C=O) groups is 1. The van der Waals surface area contributed by atoms with E-state index in [1.165, 1.54) is 0 Å². The summed E-state index contributed by atoms with van der Waals surface area (Å²) >= 11 is 6.15. The highest BCUT2D eigenvalue weighted by Gasteiger charge is 2.25. The fraction of sp³-hybridized carbons (Fsp3) is 0.536. The standard InChI is InChI=1S/C28H40ClN3O4/c1-19(31-9-13-35-24-7-6-22(29)17-25(24)36-18-28(2,3)4)14-20-15-21-8-11-32(10-5-12-33)26(21)23(16-20)27(30)34/h6-7,15-17,19,31,33H,5,8-14,18H2,1-4H3,(H2,30,34). The largest absolute Gasteiger partial charge is 0.489 e. The quantitative estimate of drug-likeness (QED) is 0.344.